The number of pyridine rings is 1. The standard InChI is InChI=1S/C69H46N6/c1-43-30-34-45(35-31-43)66-67(46-36-32-44(2)33-37-46)72-69-65(70-42-56(68(69)71-66)47-16-14-20-50(40-47)74-57-26-10-6-22-52(57)53-23-7-11-27-58(53)74)48-17-15-21-51(41-48)75-60-29-13-9-25-55(60)64-62(75)39-38-61-63(64)54-24-8-12-28-59(54)73(61)49-18-4-3-5-19-49/h3-42H,1-2H3. The number of benzene rings is 10. The first kappa shape index (κ1) is 42.7. The van der Waals surface area contributed by atoms with Crippen LogP contribution in [0.5, 0.6) is 0 Å². The molecule has 0 aliphatic heterocycles. The van der Waals surface area contributed by atoms with Crippen LogP contribution in [0.1, 0.15) is 11.1 Å². The average molecular weight is 959 g/mol. The summed E-state index contributed by atoms with van der Waals surface area (Å²) >= 11 is 0. The lowest BCUT2D eigenvalue weighted by Gasteiger charge is -2.17. The van der Waals surface area contributed by atoms with Gasteiger partial charge in [-0.15, -0.1) is 0 Å². The summed E-state index contributed by atoms with van der Waals surface area (Å²) in [7, 11) is 0. The van der Waals surface area contributed by atoms with Gasteiger partial charge in [0.25, 0.3) is 0 Å². The fourth-order valence-corrected chi connectivity index (χ4v) is 11.7. The smallest absolute Gasteiger partial charge is 0.116 e. The van der Waals surface area contributed by atoms with Gasteiger partial charge in [0.15, 0.2) is 0 Å². The van der Waals surface area contributed by atoms with Gasteiger partial charge in [0.2, 0.25) is 0 Å². The van der Waals surface area contributed by atoms with Crippen LogP contribution in [0.3, 0.4) is 0 Å². The van der Waals surface area contributed by atoms with Crippen molar-refractivity contribution in [3.8, 4) is 62.0 Å². The van der Waals surface area contributed by atoms with E-state index in [1.54, 1.807) is 0 Å². The van der Waals surface area contributed by atoms with E-state index in [4.69, 9.17) is 15.0 Å². The summed E-state index contributed by atoms with van der Waals surface area (Å²) in [6, 6.07) is 85.0. The maximum Gasteiger partial charge on any atom is 0.116 e. The highest BCUT2D eigenvalue weighted by atomic mass is 15.0. The highest BCUT2D eigenvalue weighted by Gasteiger charge is 2.24. The highest BCUT2D eigenvalue weighted by Crippen LogP contribution is 2.44. The second kappa shape index (κ2) is 16.8. The number of rotatable bonds is 7. The number of nitrogens with zero attached hydrogens (tertiary/aromatic N) is 6. The van der Waals surface area contributed by atoms with Crippen molar-refractivity contribution >= 4 is 76.5 Å². The molecule has 0 unspecified atom stereocenters. The summed E-state index contributed by atoms with van der Waals surface area (Å²) in [5, 5.41) is 7.34. The van der Waals surface area contributed by atoms with Crippen molar-refractivity contribution in [2.45, 2.75) is 13.8 Å². The molecule has 0 N–H and O–H groups in total. The number of fused-ring (bicyclic) bond motifs is 11. The zero-order valence-electron chi connectivity index (χ0n) is 41.3. The first-order chi connectivity index (χ1) is 37.0. The van der Waals surface area contributed by atoms with E-state index < -0.39 is 0 Å². The van der Waals surface area contributed by atoms with Crippen LogP contribution in [0.4, 0.5) is 0 Å². The Bertz CT molecular complexity index is 4720. The molecule has 0 aliphatic carbocycles. The predicted octanol–water partition coefficient (Wildman–Crippen LogP) is 17.6. The van der Waals surface area contributed by atoms with Crippen LogP contribution in [-0.2, 0) is 0 Å². The van der Waals surface area contributed by atoms with Crippen LogP contribution in [-0.4, -0.2) is 28.7 Å². The number of hydrogen-bond acceptors (Lipinski definition) is 3. The van der Waals surface area contributed by atoms with Crippen molar-refractivity contribution in [3.63, 3.8) is 0 Å². The van der Waals surface area contributed by atoms with Gasteiger partial charge in [-0.05, 0) is 92.2 Å². The van der Waals surface area contributed by atoms with Crippen LogP contribution >= 0.6 is 0 Å². The van der Waals surface area contributed by atoms with Crippen LogP contribution in [0, 0.1) is 13.8 Å². The fraction of sp³-hybridized carbons (Fsp3) is 0.0290. The van der Waals surface area contributed by atoms with Gasteiger partial charge in [-0.2, -0.15) is 0 Å². The van der Waals surface area contributed by atoms with Crippen molar-refractivity contribution in [1.29, 1.82) is 0 Å². The second-order valence-electron chi connectivity index (χ2n) is 19.7. The van der Waals surface area contributed by atoms with Crippen LogP contribution in [0.2, 0.25) is 0 Å². The molecule has 0 spiro atoms. The highest BCUT2D eigenvalue weighted by molar-refractivity contribution is 6.29. The molecule has 15 aromatic rings. The van der Waals surface area contributed by atoms with E-state index in [0.717, 1.165) is 95.1 Å². The van der Waals surface area contributed by atoms with Crippen LogP contribution in [0.25, 0.3) is 138 Å². The molecule has 0 radical (unpaired) electrons. The van der Waals surface area contributed by atoms with E-state index in [9.17, 15) is 0 Å². The predicted molar refractivity (Wildman–Crippen MR) is 312 cm³/mol. The Morgan fingerprint density at radius 1 is 0.293 bits per heavy atom. The molecule has 0 atom stereocenters. The molecular formula is C69H46N6. The Labute approximate surface area is 432 Å². The summed E-state index contributed by atoms with van der Waals surface area (Å²) in [5.74, 6) is 0. The Kier molecular flexibility index (Phi) is 9.60. The molecule has 6 heteroatoms. The molecule has 5 aromatic heterocycles. The maximum absolute atomic E-state index is 5.74. The lowest BCUT2D eigenvalue weighted by Crippen LogP contribution is -2.01. The summed E-state index contributed by atoms with van der Waals surface area (Å²) in [5.41, 5.74) is 21.3. The molecular weight excluding hydrogens is 913 g/mol. The van der Waals surface area contributed by atoms with E-state index in [2.05, 4.69) is 264 Å². The minimum absolute atomic E-state index is 0.732. The van der Waals surface area contributed by atoms with Gasteiger partial charge in [-0.3, -0.25) is 4.98 Å². The van der Waals surface area contributed by atoms with E-state index in [1.807, 2.05) is 6.20 Å². The zero-order chi connectivity index (χ0) is 49.7. The number of hydrogen-bond donors (Lipinski definition) is 0. The van der Waals surface area contributed by atoms with Crippen molar-refractivity contribution in [3.05, 3.63) is 254 Å². The van der Waals surface area contributed by atoms with Gasteiger partial charge in [-0.1, -0.05) is 175 Å². The van der Waals surface area contributed by atoms with E-state index in [1.165, 1.54) is 54.5 Å². The monoisotopic (exact) mass is 958 g/mol. The molecule has 5 heterocycles. The largest absolute Gasteiger partial charge is 0.309 e. The molecule has 6 nitrogen and oxygen atoms in total. The summed E-state index contributed by atoms with van der Waals surface area (Å²) in [6.07, 6.45) is 2.01. The molecule has 15 rings (SSSR count). The van der Waals surface area contributed by atoms with Crippen LogP contribution < -0.4 is 0 Å². The van der Waals surface area contributed by atoms with E-state index >= 15 is 0 Å². The minimum atomic E-state index is 0.732. The third kappa shape index (κ3) is 6.70. The Morgan fingerprint density at radius 3 is 1.25 bits per heavy atom. The van der Waals surface area contributed by atoms with Crippen molar-refractivity contribution in [2.24, 2.45) is 0 Å². The van der Waals surface area contributed by atoms with Gasteiger partial charge in [0.1, 0.15) is 11.0 Å². The van der Waals surface area contributed by atoms with Crippen molar-refractivity contribution in [2.75, 3.05) is 0 Å². The average Bonchev–Trinajstić information content (AvgIpc) is 4.19. The SMILES string of the molecule is Cc1ccc(-c2nc3c(-c4cccc(-n5c6ccccc6c6ccccc65)c4)cnc(-c4cccc(-n5c6ccccc6c6c7c8ccccc8n(-c8ccccc8)c7ccc65)c4)c3nc2-c2ccc(C)cc2)cc1. The Hall–Kier alpha value is -9.91. The van der Waals surface area contributed by atoms with Gasteiger partial charge in [0, 0.05) is 77.8 Å². The molecule has 0 bridgehead atoms. The third-order valence-electron chi connectivity index (χ3n) is 15.2. The lowest BCUT2D eigenvalue weighted by atomic mass is 9.98. The molecule has 0 aliphatic rings. The summed E-state index contributed by atoms with van der Waals surface area (Å²) < 4.78 is 7.18. The zero-order valence-corrected chi connectivity index (χ0v) is 41.3. The summed E-state index contributed by atoms with van der Waals surface area (Å²) in [6.45, 7) is 4.24. The quantitative estimate of drug-likeness (QED) is 0.160. The molecule has 0 saturated carbocycles. The van der Waals surface area contributed by atoms with E-state index in [-0.39, 0.29) is 0 Å². The first-order valence-corrected chi connectivity index (χ1v) is 25.6. The summed E-state index contributed by atoms with van der Waals surface area (Å²) in [4.78, 5) is 16.9. The molecule has 0 fully saturated rings. The fourth-order valence-electron chi connectivity index (χ4n) is 11.7. The number of aromatic nitrogens is 6. The van der Waals surface area contributed by atoms with Gasteiger partial charge < -0.3 is 13.7 Å². The first-order valence-electron chi connectivity index (χ1n) is 25.6. The topological polar surface area (TPSA) is 53.5 Å². The molecule has 10 aromatic carbocycles. The van der Waals surface area contributed by atoms with Gasteiger partial charge >= 0.3 is 0 Å². The number of para-hydroxylation sites is 5. The normalized spacial score (nSPS) is 11.9. The number of aryl methyl sites for hydroxylation is 2. The van der Waals surface area contributed by atoms with E-state index in [0.29, 0.717) is 0 Å². The Morgan fingerprint density at radius 2 is 0.707 bits per heavy atom. The minimum Gasteiger partial charge on any atom is -0.309 e. The van der Waals surface area contributed by atoms with Gasteiger partial charge in [-0.25, -0.2) is 9.97 Å². The molecule has 75 heavy (non-hydrogen) atoms. The third-order valence-corrected chi connectivity index (χ3v) is 15.2. The second-order valence-corrected chi connectivity index (χ2v) is 19.7. The molecule has 0 saturated heterocycles. The molecule has 0 amide bonds. The lowest BCUT2D eigenvalue weighted by molar-refractivity contribution is 1.17. The maximum atomic E-state index is 5.74. The Balaban J connectivity index is 0.971. The molecule has 352 valence electrons. The van der Waals surface area contributed by atoms with Gasteiger partial charge in [0.05, 0.1) is 50.2 Å². The van der Waals surface area contributed by atoms with Crippen molar-refractivity contribution in [1.82, 2.24) is 28.7 Å². The van der Waals surface area contributed by atoms with Crippen molar-refractivity contribution < 1.29 is 0 Å². The van der Waals surface area contributed by atoms with Crippen LogP contribution in [0.15, 0.2) is 243 Å².